The van der Waals surface area contributed by atoms with Gasteiger partial charge >= 0.3 is 0 Å². The van der Waals surface area contributed by atoms with Crippen molar-refractivity contribution in [3.05, 3.63) is 0 Å². The number of nitrogens with zero attached hydrogens (tertiary/aromatic N) is 1. The number of aliphatic imine (C=N–C) groups is 1. The first-order valence-electron chi connectivity index (χ1n) is 8.06. The van der Waals surface area contributed by atoms with Crippen molar-refractivity contribution in [2.45, 2.75) is 32.6 Å². The number of hydrogen-bond donors (Lipinski definition) is 3. The van der Waals surface area contributed by atoms with Gasteiger partial charge < -0.3 is 15.4 Å². The van der Waals surface area contributed by atoms with E-state index in [1.54, 1.807) is 7.11 Å². The molecule has 0 spiro atoms. The summed E-state index contributed by atoms with van der Waals surface area (Å²) in [6.07, 6.45) is 4.34. The third-order valence-electron chi connectivity index (χ3n) is 3.60. The Morgan fingerprint density at radius 3 is 2.68 bits per heavy atom. The van der Waals surface area contributed by atoms with Crippen LogP contribution in [0.4, 0.5) is 0 Å². The molecule has 0 aromatic rings. The largest absolute Gasteiger partial charge is 0.385 e. The summed E-state index contributed by atoms with van der Waals surface area (Å²) in [7, 11) is -1.55. The highest BCUT2D eigenvalue weighted by molar-refractivity contribution is 7.89. The lowest BCUT2D eigenvalue weighted by Crippen LogP contribution is -2.42. The van der Waals surface area contributed by atoms with Crippen molar-refractivity contribution in [2.24, 2.45) is 10.9 Å². The average molecular weight is 334 g/mol. The van der Waals surface area contributed by atoms with Crippen molar-refractivity contribution in [2.75, 3.05) is 45.6 Å². The second-order valence-corrected chi connectivity index (χ2v) is 7.42. The van der Waals surface area contributed by atoms with Crippen LogP contribution < -0.4 is 15.4 Å². The molecule has 1 aliphatic carbocycles. The quantitative estimate of drug-likeness (QED) is 0.287. The maximum Gasteiger partial charge on any atom is 0.213 e. The van der Waals surface area contributed by atoms with Crippen LogP contribution in [-0.4, -0.2) is 60.0 Å². The van der Waals surface area contributed by atoms with E-state index in [-0.39, 0.29) is 5.75 Å². The zero-order chi connectivity index (χ0) is 16.3. The fourth-order valence-corrected chi connectivity index (χ4v) is 3.06. The van der Waals surface area contributed by atoms with Crippen LogP contribution in [-0.2, 0) is 14.8 Å². The van der Waals surface area contributed by atoms with Crippen LogP contribution >= 0.6 is 0 Å². The van der Waals surface area contributed by atoms with Gasteiger partial charge in [-0.15, -0.1) is 0 Å². The van der Waals surface area contributed by atoms with Gasteiger partial charge in [0, 0.05) is 39.9 Å². The molecule has 1 fully saturated rings. The maximum absolute atomic E-state index is 11.9. The van der Waals surface area contributed by atoms with Crippen LogP contribution in [0.25, 0.3) is 0 Å². The number of rotatable bonds is 11. The van der Waals surface area contributed by atoms with E-state index in [4.69, 9.17) is 4.74 Å². The highest BCUT2D eigenvalue weighted by Gasteiger charge is 2.19. The summed E-state index contributed by atoms with van der Waals surface area (Å²) >= 11 is 0. The molecule has 7 nitrogen and oxygen atoms in total. The van der Waals surface area contributed by atoms with Crippen molar-refractivity contribution in [1.29, 1.82) is 0 Å². The number of sulfonamides is 1. The van der Waals surface area contributed by atoms with Crippen LogP contribution in [0, 0.1) is 5.92 Å². The van der Waals surface area contributed by atoms with E-state index in [9.17, 15) is 8.42 Å². The summed E-state index contributed by atoms with van der Waals surface area (Å²) in [6.45, 7) is 4.95. The Balaban J connectivity index is 2.24. The van der Waals surface area contributed by atoms with Gasteiger partial charge in [0.2, 0.25) is 10.0 Å². The minimum atomic E-state index is -3.21. The SMILES string of the molecule is CCNC(=NCCCOC)NCCS(=O)(=O)NCC1CCC1. The molecule has 130 valence electrons. The van der Waals surface area contributed by atoms with Crippen LogP contribution in [0.5, 0.6) is 0 Å². The van der Waals surface area contributed by atoms with Gasteiger partial charge in [-0.2, -0.15) is 0 Å². The fourth-order valence-electron chi connectivity index (χ4n) is 2.06. The van der Waals surface area contributed by atoms with Gasteiger partial charge in [-0.1, -0.05) is 6.42 Å². The zero-order valence-electron chi connectivity index (χ0n) is 13.7. The summed E-state index contributed by atoms with van der Waals surface area (Å²) in [6, 6.07) is 0. The maximum atomic E-state index is 11.9. The number of methoxy groups -OCH3 is 1. The van der Waals surface area contributed by atoms with E-state index in [1.807, 2.05) is 6.92 Å². The first-order chi connectivity index (χ1) is 10.6. The number of guanidine groups is 1. The lowest BCUT2D eigenvalue weighted by atomic mass is 9.86. The standard InChI is InChI=1S/C14H30N4O3S/c1-3-15-14(16-8-5-10-21-2)17-9-11-22(19,20)18-12-13-6-4-7-13/h13,18H,3-12H2,1-2H3,(H2,15,16,17). The highest BCUT2D eigenvalue weighted by Crippen LogP contribution is 2.25. The normalized spacial score (nSPS) is 16.4. The van der Waals surface area contributed by atoms with Gasteiger partial charge in [-0.05, 0) is 32.1 Å². The molecule has 3 N–H and O–H groups in total. The van der Waals surface area contributed by atoms with E-state index in [1.165, 1.54) is 6.42 Å². The second kappa shape index (κ2) is 10.8. The molecule has 0 bridgehead atoms. The molecule has 0 aliphatic heterocycles. The van der Waals surface area contributed by atoms with Gasteiger partial charge in [0.05, 0.1) is 5.75 Å². The van der Waals surface area contributed by atoms with Crippen LogP contribution in [0.1, 0.15) is 32.6 Å². The van der Waals surface area contributed by atoms with Gasteiger partial charge in [0.15, 0.2) is 5.96 Å². The third kappa shape index (κ3) is 8.55. The monoisotopic (exact) mass is 334 g/mol. The summed E-state index contributed by atoms with van der Waals surface area (Å²) in [4.78, 5) is 4.37. The summed E-state index contributed by atoms with van der Waals surface area (Å²) in [5.74, 6) is 1.23. The number of ether oxygens (including phenoxy) is 1. The Morgan fingerprint density at radius 2 is 2.09 bits per heavy atom. The lowest BCUT2D eigenvalue weighted by molar-refractivity contribution is 0.197. The van der Waals surface area contributed by atoms with E-state index in [2.05, 4.69) is 20.3 Å². The van der Waals surface area contributed by atoms with Gasteiger partial charge in [0.1, 0.15) is 0 Å². The van der Waals surface area contributed by atoms with Gasteiger partial charge in [-0.3, -0.25) is 4.99 Å². The fraction of sp³-hybridized carbons (Fsp3) is 0.929. The predicted molar refractivity (Wildman–Crippen MR) is 89.6 cm³/mol. The van der Waals surface area contributed by atoms with Gasteiger partial charge in [-0.25, -0.2) is 13.1 Å². The van der Waals surface area contributed by atoms with E-state index >= 15 is 0 Å². The third-order valence-corrected chi connectivity index (χ3v) is 4.95. The average Bonchev–Trinajstić information content (AvgIpc) is 2.41. The lowest BCUT2D eigenvalue weighted by Gasteiger charge is -2.25. The van der Waals surface area contributed by atoms with E-state index in [0.29, 0.717) is 38.1 Å². The van der Waals surface area contributed by atoms with Crippen molar-refractivity contribution >= 4 is 16.0 Å². The summed E-state index contributed by atoms with van der Waals surface area (Å²) in [5.41, 5.74) is 0. The molecule has 0 amide bonds. The molecule has 1 rings (SSSR count). The molecule has 22 heavy (non-hydrogen) atoms. The first-order valence-corrected chi connectivity index (χ1v) is 9.71. The molecule has 0 heterocycles. The van der Waals surface area contributed by atoms with Crippen LogP contribution in [0.15, 0.2) is 4.99 Å². The molecular weight excluding hydrogens is 304 g/mol. The summed E-state index contributed by atoms with van der Waals surface area (Å²) in [5, 5.41) is 6.15. The van der Waals surface area contributed by atoms with Gasteiger partial charge in [0.25, 0.3) is 0 Å². The second-order valence-electron chi connectivity index (χ2n) is 5.50. The minimum Gasteiger partial charge on any atom is -0.385 e. The molecule has 0 atom stereocenters. The molecule has 0 aromatic carbocycles. The predicted octanol–water partition coefficient (Wildman–Crippen LogP) is 0.298. The molecule has 8 heteroatoms. The van der Waals surface area contributed by atoms with E-state index < -0.39 is 10.0 Å². The van der Waals surface area contributed by atoms with Crippen molar-refractivity contribution < 1.29 is 13.2 Å². The molecule has 0 saturated heterocycles. The molecule has 0 radical (unpaired) electrons. The molecule has 1 aliphatic rings. The van der Waals surface area contributed by atoms with Crippen LogP contribution in [0.2, 0.25) is 0 Å². The van der Waals surface area contributed by atoms with E-state index in [0.717, 1.165) is 25.8 Å². The van der Waals surface area contributed by atoms with Crippen molar-refractivity contribution in [1.82, 2.24) is 15.4 Å². The number of nitrogens with one attached hydrogen (secondary N) is 3. The highest BCUT2D eigenvalue weighted by atomic mass is 32.2. The Morgan fingerprint density at radius 1 is 1.32 bits per heavy atom. The molecule has 0 unspecified atom stereocenters. The van der Waals surface area contributed by atoms with Crippen molar-refractivity contribution in [3.8, 4) is 0 Å². The Bertz CT molecular complexity index is 422. The Kier molecular flexibility index (Phi) is 9.42. The summed E-state index contributed by atoms with van der Waals surface area (Å²) < 4.78 is 31.4. The zero-order valence-corrected chi connectivity index (χ0v) is 14.5. The first kappa shape index (κ1) is 19.2. The van der Waals surface area contributed by atoms with Crippen LogP contribution in [0.3, 0.4) is 0 Å². The number of hydrogen-bond acceptors (Lipinski definition) is 4. The molecule has 1 saturated carbocycles. The Labute approximate surface area is 134 Å². The topological polar surface area (TPSA) is 91.8 Å². The molecular formula is C14H30N4O3S. The Hall–Kier alpha value is -0.860. The van der Waals surface area contributed by atoms with Crippen molar-refractivity contribution in [3.63, 3.8) is 0 Å². The smallest absolute Gasteiger partial charge is 0.213 e. The minimum absolute atomic E-state index is 0.0577. The molecule has 0 aromatic heterocycles.